The van der Waals surface area contributed by atoms with Crippen molar-refractivity contribution < 1.29 is 0 Å². The van der Waals surface area contributed by atoms with Crippen molar-refractivity contribution in [2.45, 2.75) is 32.0 Å². The third-order valence-corrected chi connectivity index (χ3v) is 4.02. The van der Waals surface area contributed by atoms with Crippen molar-refractivity contribution in [2.24, 2.45) is 7.05 Å². The first-order valence-electron chi connectivity index (χ1n) is 6.68. The van der Waals surface area contributed by atoms with E-state index < -0.39 is 0 Å². The molecule has 0 spiro atoms. The molecule has 0 aliphatic heterocycles. The molecular formula is C15H18ClN3. The zero-order valence-corrected chi connectivity index (χ0v) is 11.8. The van der Waals surface area contributed by atoms with Gasteiger partial charge in [-0.1, -0.05) is 41.9 Å². The third kappa shape index (κ3) is 2.99. The van der Waals surface area contributed by atoms with Crippen molar-refractivity contribution in [3.05, 3.63) is 53.1 Å². The van der Waals surface area contributed by atoms with Gasteiger partial charge in [0, 0.05) is 19.6 Å². The first-order valence-corrected chi connectivity index (χ1v) is 7.06. The average molecular weight is 276 g/mol. The molecule has 100 valence electrons. The van der Waals surface area contributed by atoms with E-state index in [2.05, 4.69) is 40.2 Å². The summed E-state index contributed by atoms with van der Waals surface area (Å²) in [6.45, 7) is 1.85. The Morgan fingerprint density at radius 3 is 2.58 bits per heavy atom. The molecule has 2 aromatic rings. The molecule has 0 radical (unpaired) electrons. The second-order valence-corrected chi connectivity index (χ2v) is 5.57. The second-order valence-electron chi connectivity index (χ2n) is 5.18. The quantitative estimate of drug-likeness (QED) is 0.835. The predicted octanol–water partition coefficient (Wildman–Crippen LogP) is 3.24. The molecule has 1 aliphatic rings. The van der Waals surface area contributed by atoms with E-state index in [0.29, 0.717) is 11.2 Å². The van der Waals surface area contributed by atoms with Gasteiger partial charge in [-0.25, -0.2) is 4.98 Å². The standard InChI is InChI=1S/C15H18ClN3/c1-18-14(16)9-17-15(18)11-19(13-7-8-13)10-12-5-3-2-4-6-12/h2-6,9,13H,7-8,10-11H2,1H3. The second kappa shape index (κ2) is 5.35. The van der Waals surface area contributed by atoms with Crippen LogP contribution >= 0.6 is 11.6 Å². The Morgan fingerprint density at radius 1 is 1.26 bits per heavy atom. The van der Waals surface area contributed by atoms with Crippen LogP contribution in [0.5, 0.6) is 0 Å². The van der Waals surface area contributed by atoms with Gasteiger partial charge in [0.25, 0.3) is 0 Å². The highest BCUT2D eigenvalue weighted by molar-refractivity contribution is 6.29. The van der Waals surface area contributed by atoms with Gasteiger partial charge in [0.15, 0.2) is 0 Å². The Morgan fingerprint density at radius 2 is 2.00 bits per heavy atom. The number of aromatic nitrogens is 2. The van der Waals surface area contributed by atoms with Crippen molar-refractivity contribution in [1.82, 2.24) is 14.5 Å². The maximum Gasteiger partial charge on any atom is 0.128 e. The molecule has 0 amide bonds. The molecule has 1 fully saturated rings. The zero-order chi connectivity index (χ0) is 13.2. The summed E-state index contributed by atoms with van der Waals surface area (Å²) in [6.07, 6.45) is 4.32. The summed E-state index contributed by atoms with van der Waals surface area (Å²) in [6, 6.07) is 11.3. The number of halogens is 1. The fraction of sp³-hybridized carbons (Fsp3) is 0.400. The molecule has 3 nitrogen and oxygen atoms in total. The third-order valence-electron chi connectivity index (χ3n) is 3.66. The molecule has 0 unspecified atom stereocenters. The Balaban J connectivity index is 1.73. The number of rotatable bonds is 5. The normalized spacial score (nSPS) is 15.1. The molecule has 1 aromatic heterocycles. The molecule has 3 rings (SSSR count). The summed E-state index contributed by atoms with van der Waals surface area (Å²) in [7, 11) is 1.97. The van der Waals surface area contributed by atoms with Crippen LogP contribution in [0.4, 0.5) is 0 Å². The van der Waals surface area contributed by atoms with Gasteiger partial charge < -0.3 is 4.57 Å². The van der Waals surface area contributed by atoms with Gasteiger partial charge in [-0.05, 0) is 18.4 Å². The Kier molecular flexibility index (Phi) is 3.58. The van der Waals surface area contributed by atoms with Crippen LogP contribution in [0.3, 0.4) is 0 Å². The fourth-order valence-corrected chi connectivity index (χ4v) is 2.47. The highest BCUT2D eigenvalue weighted by Crippen LogP contribution is 2.29. The maximum atomic E-state index is 6.05. The highest BCUT2D eigenvalue weighted by atomic mass is 35.5. The molecule has 1 aromatic carbocycles. The van der Waals surface area contributed by atoms with Crippen molar-refractivity contribution >= 4 is 11.6 Å². The number of nitrogens with zero attached hydrogens (tertiary/aromatic N) is 3. The number of benzene rings is 1. The minimum absolute atomic E-state index is 0.699. The molecule has 0 N–H and O–H groups in total. The summed E-state index contributed by atoms with van der Waals surface area (Å²) in [5.74, 6) is 1.04. The van der Waals surface area contributed by atoms with Crippen LogP contribution in [0, 0.1) is 0 Å². The Labute approximate surface area is 118 Å². The Bertz CT molecular complexity index is 546. The van der Waals surface area contributed by atoms with Crippen molar-refractivity contribution in [3.8, 4) is 0 Å². The van der Waals surface area contributed by atoms with Crippen LogP contribution in [0.2, 0.25) is 5.15 Å². The number of imidazole rings is 1. The molecule has 0 bridgehead atoms. The lowest BCUT2D eigenvalue weighted by Crippen LogP contribution is -2.26. The summed E-state index contributed by atoms with van der Waals surface area (Å²) < 4.78 is 1.96. The lowest BCUT2D eigenvalue weighted by molar-refractivity contribution is 0.237. The Hall–Kier alpha value is -1.32. The van der Waals surface area contributed by atoms with Crippen LogP contribution in [0.15, 0.2) is 36.5 Å². The summed E-state index contributed by atoms with van der Waals surface area (Å²) in [5.41, 5.74) is 1.36. The van der Waals surface area contributed by atoms with Gasteiger partial charge in [0.2, 0.25) is 0 Å². The molecule has 1 saturated carbocycles. The van der Waals surface area contributed by atoms with E-state index in [1.807, 2.05) is 11.6 Å². The highest BCUT2D eigenvalue weighted by Gasteiger charge is 2.29. The lowest BCUT2D eigenvalue weighted by atomic mass is 10.2. The van der Waals surface area contributed by atoms with E-state index in [4.69, 9.17) is 11.6 Å². The van der Waals surface area contributed by atoms with Crippen LogP contribution in [0.1, 0.15) is 24.2 Å². The van der Waals surface area contributed by atoms with E-state index in [1.165, 1.54) is 18.4 Å². The number of hydrogen-bond acceptors (Lipinski definition) is 2. The van der Waals surface area contributed by atoms with E-state index in [0.717, 1.165) is 18.9 Å². The first-order chi connectivity index (χ1) is 9.24. The topological polar surface area (TPSA) is 21.1 Å². The molecule has 1 aliphatic carbocycles. The minimum atomic E-state index is 0.699. The van der Waals surface area contributed by atoms with Gasteiger partial charge in [-0.15, -0.1) is 0 Å². The SMILES string of the molecule is Cn1c(Cl)cnc1CN(Cc1ccccc1)C1CC1. The number of hydrogen-bond donors (Lipinski definition) is 0. The van der Waals surface area contributed by atoms with Crippen molar-refractivity contribution in [3.63, 3.8) is 0 Å². The van der Waals surface area contributed by atoms with Gasteiger partial charge in [0.1, 0.15) is 11.0 Å². The molecule has 0 atom stereocenters. The largest absolute Gasteiger partial charge is 0.321 e. The molecule has 19 heavy (non-hydrogen) atoms. The van der Waals surface area contributed by atoms with Crippen LogP contribution in [0.25, 0.3) is 0 Å². The first kappa shape index (κ1) is 12.7. The summed E-state index contributed by atoms with van der Waals surface area (Å²) >= 11 is 6.05. The smallest absolute Gasteiger partial charge is 0.128 e. The van der Waals surface area contributed by atoms with E-state index >= 15 is 0 Å². The van der Waals surface area contributed by atoms with Gasteiger partial charge in [-0.2, -0.15) is 0 Å². The van der Waals surface area contributed by atoms with Crippen molar-refractivity contribution in [2.75, 3.05) is 0 Å². The van der Waals surface area contributed by atoms with Gasteiger partial charge in [-0.3, -0.25) is 4.90 Å². The van der Waals surface area contributed by atoms with E-state index in [1.54, 1.807) is 6.20 Å². The average Bonchev–Trinajstić information content (AvgIpc) is 3.22. The lowest BCUT2D eigenvalue weighted by Gasteiger charge is -2.21. The van der Waals surface area contributed by atoms with Crippen LogP contribution in [-0.4, -0.2) is 20.5 Å². The minimum Gasteiger partial charge on any atom is -0.321 e. The van der Waals surface area contributed by atoms with Crippen molar-refractivity contribution in [1.29, 1.82) is 0 Å². The van der Waals surface area contributed by atoms with E-state index in [9.17, 15) is 0 Å². The fourth-order valence-electron chi connectivity index (χ4n) is 2.32. The molecule has 4 heteroatoms. The van der Waals surface area contributed by atoms with E-state index in [-0.39, 0.29) is 0 Å². The molecule has 1 heterocycles. The summed E-state index contributed by atoms with van der Waals surface area (Å²) in [5, 5.41) is 0.699. The monoisotopic (exact) mass is 275 g/mol. The molecule has 0 saturated heterocycles. The summed E-state index contributed by atoms with van der Waals surface area (Å²) in [4.78, 5) is 6.89. The van der Waals surface area contributed by atoms with Crippen LogP contribution < -0.4 is 0 Å². The van der Waals surface area contributed by atoms with Crippen LogP contribution in [-0.2, 0) is 20.1 Å². The molecular weight excluding hydrogens is 258 g/mol. The maximum absolute atomic E-state index is 6.05. The zero-order valence-electron chi connectivity index (χ0n) is 11.1. The van der Waals surface area contributed by atoms with Gasteiger partial charge >= 0.3 is 0 Å². The predicted molar refractivity (Wildman–Crippen MR) is 76.9 cm³/mol. The van der Waals surface area contributed by atoms with Gasteiger partial charge in [0.05, 0.1) is 12.7 Å².